The van der Waals surface area contributed by atoms with E-state index in [-0.39, 0.29) is 12.5 Å². The fraction of sp³-hybridized carbons (Fsp3) is 0.316. The fourth-order valence-corrected chi connectivity index (χ4v) is 2.25. The molecule has 0 saturated heterocycles. The molecule has 5 nitrogen and oxygen atoms in total. The van der Waals surface area contributed by atoms with Gasteiger partial charge in [0.1, 0.15) is 23.9 Å². The van der Waals surface area contributed by atoms with E-state index in [9.17, 15) is 4.79 Å². The molecule has 0 unspecified atom stereocenters. The molecule has 2 aromatic rings. The van der Waals surface area contributed by atoms with E-state index in [0.717, 1.165) is 28.4 Å². The third-order valence-corrected chi connectivity index (χ3v) is 3.51. The number of nitrogens with one attached hydrogen (secondary N) is 1. The van der Waals surface area contributed by atoms with Crippen LogP contribution in [0.3, 0.4) is 0 Å². The Labute approximate surface area is 142 Å². The van der Waals surface area contributed by atoms with Crippen LogP contribution < -0.4 is 19.5 Å². The van der Waals surface area contributed by atoms with Crippen molar-refractivity contribution in [3.63, 3.8) is 0 Å². The molecule has 0 fully saturated rings. The van der Waals surface area contributed by atoms with E-state index in [4.69, 9.17) is 14.2 Å². The van der Waals surface area contributed by atoms with Gasteiger partial charge in [-0.15, -0.1) is 0 Å². The summed E-state index contributed by atoms with van der Waals surface area (Å²) >= 11 is 0. The standard InChI is InChI=1S/C19H23NO4/c1-14-5-4-6-15(2)19(14)24-13-18(21)20-11-12-23-17-9-7-16(22-3)8-10-17/h4-10H,11-13H2,1-3H3,(H,20,21). The van der Waals surface area contributed by atoms with Gasteiger partial charge in [0, 0.05) is 0 Å². The Bertz CT molecular complexity index is 647. The second kappa shape index (κ2) is 8.82. The van der Waals surface area contributed by atoms with Crippen LogP contribution in [0.25, 0.3) is 0 Å². The molecular weight excluding hydrogens is 306 g/mol. The van der Waals surface area contributed by atoms with E-state index in [2.05, 4.69) is 5.32 Å². The zero-order valence-electron chi connectivity index (χ0n) is 14.3. The van der Waals surface area contributed by atoms with Gasteiger partial charge >= 0.3 is 0 Å². The maximum absolute atomic E-state index is 11.8. The molecule has 1 N–H and O–H groups in total. The average molecular weight is 329 g/mol. The summed E-state index contributed by atoms with van der Waals surface area (Å²) in [7, 11) is 1.62. The second-order valence-electron chi connectivity index (χ2n) is 5.38. The molecule has 0 aliphatic heterocycles. The Balaban J connectivity index is 1.68. The molecule has 1 amide bonds. The van der Waals surface area contributed by atoms with Gasteiger partial charge in [0.2, 0.25) is 0 Å². The Kier molecular flexibility index (Phi) is 6.49. The number of aryl methyl sites for hydroxylation is 2. The monoisotopic (exact) mass is 329 g/mol. The van der Waals surface area contributed by atoms with Crippen LogP contribution in [0.1, 0.15) is 11.1 Å². The minimum absolute atomic E-state index is 0.00573. The fourth-order valence-electron chi connectivity index (χ4n) is 2.25. The molecule has 0 heterocycles. The zero-order valence-corrected chi connectivity index (χ0v) is 14.3. The molecule has 0 aliphatic rings. The molecule has 0 radical (unpaired) electrons. The number of methoxy groups -OCH3 is 1. The highest BCUT2D eigenvalue weighted by Crippen LogP contribution is 2.22. The van der Waals surface area contributed by atoms with Gasteiger partial charge in [-0.2, -0.15) is 0 Å². The number of hydrogen-bond donors (Lipinski definition) is 1. The van der Waals surface area contributed by atoms with Crippen LogP contribution in [0.5, 0.6) is 17.2 Å². The lowest BCUT2D eigenvalue weighted by atomic mass is 10.1. The van der Waals surface area contributed by atoms with Crippen molar-refractivity contribution in [2.45, 2.75) is 13.8 Å². The van der Waals surface area contributed by atoms with Crippen LogP contribution in [0.2, 0.25) is 0 Å². The Morgan fingerprint density at radius 2 is 1.58 bits per heavy atom. The highest BCUT2D eigenvalue weighted by Gasteiger charge is 2.07. The lowest BCUT2D eigenvalue weighted by Crippen LogP contribution is -2.32. The highest BCUT2D eigenvalue weighted by atomic mass is 16.5. The van der Waals surface area contributed by atoms with E-state index in [0.29, 0.717) is 13.2 Å². The number of carbonyl (C=O) groups excluding carboxylic acids is 1. The SMILES string of the molecule is COc1ccc(OCCNC(=O)COc2c(C)cccc2C)cc1. The van der Waals surface area contributed by atoms with Crippen LogP contribution in [-0.4, -0.2) is 32.8 Å². The normalized spacial score (nSPS) is 10.1. The minimum Gasteiger partial charge on any atom is -0.497 e. The summed E-state index contributed by atoms with van der Waals surface area (Å²) in [6.07, 6.45) is 0. The van der Waals surface area contributed by atoms with Crippen molar-refractivity contribution in [3.05, 3.63) is 53.6 Å². The first-order chi connectivity index (χ1) is 11.6. The van der Waals surface area contributed by atoms with Gasteiger partial charge in [-0.3, -0.25) is 4.79 Å². The van der Waals surface area contributed by atoms with Gasteiger partial charge < -0.3 is 19.5 Å². The summed E-state index contributed by atoms with van der Waals surface area (Å²) in [6.45, 7) is 4.72. The number of amides is 1. The number of hydrogen-bond acceptors (Lipinski definition) is 4. The van der Waals surface area contributed by atoms with Crippen LogP contribution in [0, 0.1) is 13.8 Å². The third kappa shape index (κ3) is 5.19. The van der Waals surface area contributed by atoms with E-state index < -0.39 is 0 Å². The van der Waals surface area contributed by atoms with Gasteiger partial charge in [0.05, 0.1) is 13.7 Å². The predicted molar refractivity (Wildman–Crippen MR) is 92.9 cm³/mol. The van der Waals surface area contributed by atoms with Crippen molar-refractivity contribution in [1.82, 2.24) is 5.32 Å². The van der Waals surface area contributed by atoms with Crippen molar-refractivity contribution in [1.29, 1.82) is 0 Å². The highest BCUT2D eigenvalue weighted by molar-refractivity contribution is 5.77. The lowest BCUT2D eigenvalue weighted by molar-refractivity contribution is -0.123. The van der Waals surface area contributed by atoms with Crippen molar-refractivity contribution >= 4 is 5.91 Å². The number of benzene rings is 2. The molecule has 24 heavy (non-hydrogen) atoms. The van der Waals surface area contributed by atoms with Crippen LogP contribution in [0.4, 0.5) is 0 Å². The second-order valence-corrected chi connectivity index (χ2v) is 5.38. The molecule has 0 spiro atoms. The maximum atomic E-state index is 11.8. The van der Waals surface area contributed by atoms with Crippen molar-refractivity contribution in [3.8, 4) is 17.2 Å². The first-order valence-corrected chi connectivity index (χ1v) is 7.82. The molecule has 2 aromatic carbocycles. The van der Waals surface area contributed by atoms with Gasteiger partial charge in [-0.1, -0.05) is 18.2 Å². The first-order valence-electron chi connectivity index (χ1n) is 7.82. The minimum atomic E-state index is -0.170. The Morgan fingerprint density at radius 1 is 0.958 bits per heavy atom. The molecule has 0 bridgehead atoms. The van der Waals surface area contributed by atoms with Gasteiger partial charge in [0.15, 0.2) is 6.61 Å². The summed E-state index contributed by atoms with van der Waals surface area (Å²) in [6, 6.07) is 13.2. The molecule has 0 aliphatic carbocycles. The van der Waals surface area contributed by atoms with E-state index in [1.54, 1.807) is 7.11 Å². The molecule has 2 rings (SSSR count). The summed E-state index contributed by atoms with van der Waals surface area (Å²) < 4.78 is 16.2. The summed E-state index contributed by atoms with van der Waals surface area (Å²) in [5, 5.41) is 2.77. The summed E-state index contributed by atoms with van der Waals surface area (Å²) in [5.41, 5.74) is 2.04. The molecule has 0 aromatic heterocycles. The maximum Gasteiger partial charge on any atom is 0.258 e. The third-order valence-electron chi connectivity index (χ3n) is 3.51. The number of rotatable bonds is 8. The van der Waals surface area contributed by atoms with Crippen LogP contribution in [0.15, 0.2) is 42.5 Å². The smallest absolute Gasteiger partial charge is 0.258 e. The van der Waals surface area contributed by atoms with E-state index >= 15 is 0 Å². The number of carbonyl (C=O) groups is 1. The average Bonchev–Trinajstić information content (AvgIpc) is 2.59. The van der Waals surface area contributed by atoms with Crippen molar-refractivity contribution < 1.29 is 19.0 Å². The Hall–Kier alpha value is -2.69. The van der Waals surface area contributed by atoms with Crippen LogP contribution in [-0.2, 0) is 4.79 Å². The molecule has 0 atom stereocenters. The van der Waals surface area contributed by atoms with Crippen LogP contribution >= 0.6 is 0 Å². The predicted octanol–water partition coefficient (Wildman–Crippen LogP) is 2.89. The molecule has 0 saturated carbocycles. The van der Waals surface area contributed by atoms with E-state index in [1.807, 2.05) is 56.3 Å². The molecule has 128 valence electrons. The largest absolute Gasteiger partial charge is 0.497 e. The summed E-state index contributed by atoms with van der Waals surface area (Å²) in [4.78, 5) is 11.8. The molecule has 5 heteroatoms. The first kappa shape index (κ1) is 17.7. The summed E-state index contributed by atoms with van der Waals surface area (Å²) in [5.74, 6) is 2.11. The van der Waals surface area contributed by atoms with E-state index in [1.165, 1.54) is 0 Å². The lowest BCUT2D eigenvalue weighted by Gasteiger charge is -2.12. The Morgan fingerprint density at radius 3 is 2.21 bits per heavy atom. The number of para-hydroxylation sites is 1. The number of ether oxygens (including phenoxy) is 3. The van der Waals surface area contributed by atoms with Crippen molar-refractivity contribution in [2.24, 2.45) is 0 Å². The van der Waals surface area contributed by atoms with Gasteiger partial charge in [-0.25, -0.2) is 0 Å². The zero-order chi connectivity index (χ0) is 17.4. The van der Waals surface area contributed by atoms with Gasteiger partial charge in [0.25, 0.3) is 5.91 Å². The van der Waals surface area contributed by atoms with Crippen molar-refractivity contribution in [2.75, 3.05) is 26.9 Å². The topological polar surface area (TPSA) is 56.8 Å². The molecular formula is C19H23NO4. The quantitative estimate of drug-likeness (QED) is 0.757. The van der Waals surface area contributed by atoms with Gasteiger partial charge in [-0.05, 0) is 49.2 Å².